The molecule has 0 saturated heterocycles. The number of nitrogens with zero attached hydrogens (tertiary/aromatic N) is 1. The number of rotatable bonds is 4. The number of ether oxygens (including phenoxy) is 1. The van der Waals surface area contributed by atoms with Crippen LogP contribution < -0.4 is 11.2 Å². The van der Waals surface area contributed by atoms with E-state index in [1.165, 1.54) is 0 Å². The summed E-state index contributed by atoms with van der Waals surface area (Å²) in [5.41, 5.74) is -1.42. The summed E-state index contributed by atoms with van der Waals surface area (Å²) in [5.74, 6) is -1.15. The first-order valence-corrected chi connectivity index (χ1v) is 5.21. The van der Waals surface area contributed by atoms with E-state index in [1.807, 2.05) is 4.98 Å². The van der Waals surface area contributed by atoms with Gasteiger partial charge in [-0.25, -0.2) is 4.79 Å². The number of esters is 1. The van der Waals surface area contributed by atoms with E-state index in [4.69, 9.17) is 0 Å². The second-order valence-electron chi connectivity index (χ2n) is 3.31. The van der Waals surface area contributed by atoms with Crippen LogP contribution >= 0.6 is 0 Å². The lowest BCUT2D eigenvalue weighted by molar-refractivity contribution is -0.144. The van der Waals surface area contributed by atoms with Gasteiger partial charge in [-0.3, -0.25) is 19.1 Å². The summed E-state index contributed by atoms with van der Waals surface area (Å²) in [6.45, 7) is 3.04. The van der Waals surface area contributed by atoms with Gasteiger partial charge in [-0.05, 0) is 13.3 Å². The van der Waals surface area contributed by atoms with Gasteiger partial charge in [0.2, 0.25) is 5.88 Å². The summed E-state index contributed by atoms with van der Waals surface area (Å²) in [4.78, 5) is 36.0. The van der Waals surface area contributed by atoms with Gasteiger partial charge < -0.3 is 9.84 Å². The van der Waals surface area contributed by atoms with E-state index in [-0.39, 0.29) is 18.6 Å². The molecular weight excluding hydrogens is 228 g/mol. The van der Waals surface area contributed by atoms with Crippen LogP contribution in [-0.2, 0) is 22.5 Å². The normalized spacial score (nSPS) is 10.2. The summed E-state index contributed by atoms with van der Waals surface area (Å²) in [7, 11) is 0. The lowest BCUT2D eigenvalue weighted by Crippen LogP contribution is -2.34. The van der Waals surface area contributed by atoms with Gasteiger partial charge in [0.15, 0.2) is 0 Å². The Morgan fingerprint density at radius 3 is 2.59 bits per heavy atom. The lowest BCUT2D eigenvalue weighted by atomic mass is 10.2. The molecule has 1 aromatic rings. The minimum atomic E-state index is -0.835. The molecule has 0 spiro atoms. The molecule has 0 aliphatic rings. The molecule has 0 aliphatic carbocycles. The van der Waals surface area contributed by atoms with Crippen molar-refractivity contribution in [3.63, 3.8) is 0 Å². The van der Waals surface area contributed by atoms with Crippen LogP contribution in [0.5, 0.6) is 5.88 Å². The predicted molar refractivity (Wildman–Crippen MR) is 59.0 cm³/mol. The third-order valence-electron chi connectivity index (χ3n) is 2.21. The monoisotopic (exact) mass is 242 g/mol. The molecule has 0 bridgehead atoms. The summed E-state index contributed by atoms with van der Waals surface area (Å²) in [6, 6.07) is 0. The van der Waals surface area contributed by atoms with Crippen LogP contribution in [0.25, 0.3) is 0 Å². The highest BCUT2D eigenvalue weighted by Gasteiger charge is 2.15. The van der Waals surface area contributed by atoms with E-state index in [0.29, 0.717) is 0 Å². The summed E-state index contributed by atoms with van der Waals surface area (Å²) in [6.07, 6.45) is 0.254. The Balaban J connectivity index is 3.20. The molecule has 0 unspecified atom stereocenters. The molecule has 7 heteroatoms. The van der Waals surface area contributed by atoms with Gasteiger partial charge in [-0.2, -0.15) is 0 Å². The third kappa shape index (κ3) is 2.74. The van der Waals surface area contributed by atoms with E-state index >= 15 is 0 Å². The van der Waals surface area contributed by atoms with Crippen LogP contribution in [0.4, 0.5) is 0 Å². The van der Waals surface area contributed by atoms with Crippen molar-refractivity contribution in [2.24, 2.45) is 0 Å². The Morgan fingerprint density at radius 1 is 1.41 bits per heavy atom. The van der Waals surface area contributed by atoms with Gasteiger partial charge in [0, 0.05) is 0 Å². The van der Waals surface area contributed by atoms with Crippen LogP contribution in [0.3, 0.4) is 0 Å². The molecule has 0 aromatic carbocycles. The zero-order valence-electron chi connectivity index (χ0n) is 9.65. The van der Waals surface area contributed by atoms with E-state index in [9.17, 15) is 19.5 Å². The molecule has 7 nitrogen and oxygen atoms in total. The molecule has 17 heavy (non-hydrogen) atoms. The highest BCUT2D eigenvalue weighted by atomic mass is 16.5. The van der Waals surface area contributed by atoms with Gasteiger partial charge in [-0.1, -0.05) is 6.92 Å². The fourth-order valence-electron chi connectivity index (χ4n) is 1.40. The molecule has 1 rings (SSSR count). The van der Waals surface area contributed by atoms with E-state index in [2.05, 4.69) is 4.74 Å². The number of H-pyrrole nitrogens is 1. The molecular formula is C10H14N2O5. The van der Waals surface area contributed by atoms with E-state index in [1.54, 1.807) is 13.8 Å². The van der Waals surface area contributed by atoms with Gasteiger partial charge in [0.25, 0.3) is 5.56 Å². The average Bonchev–Trinajstić information content (AvgIpc) is 2.25. The number of aromatic hydroxyl groups is 1. The fraction of sp³-hybridized carbons (Fsp3) is 0.500. The number of hydrogen-bond acceptors (Lipinski definition) is 5. The molecule has 2 N–H and O–H groups in total. The Hall–Kier alpha value is -2.05. The Morgan fingerprint density at radius 2 is 2.06 bits per heavy atom. The Labute approximate surface area is 96.7 Å². The first-order valence-electron chi connectivity index (χ1n) is 5.21. The highest BCUT2D eigenvalue weighted by molar-refractivity contribution is 5.69. The molecule has 0 radical (unpaired) electrons. The van der Waals surface area contributed by atoms with Crippen molar-refractivity contribution in [1.29, 1.82) is 0 Å². The number of aromatic nitrogens is 2. The minimum absolute atomic E-state index is 0.0638. The molecule has 0 fully saturated rings. The maximum Gasteiger partial charge on any atom is 0.331 e. The zero-order valence-corrected chi connectivity index (χ0v) is 9.65. The number of carbonyl (C=O) groups is 1. The second-order valence-corrected chi connectivity index (χ2v) is 3.31. The average molecular weight is 242 g/mol. The highest BCUT2D eigenvalue weighted by Crippen LogP contribution is 2.10. The smallest absolute Gasteiger partial charge is 0.331 e. The van der Waals surface area contributed by atoms with Crippen molar-refractivity contribution >= 4 is 5.97 Å². The third-order valence-corrected chi connectivity index (χ3v) is 2.21. The van der Waals surface area contributed by atoms with E-state index in [0.717, 1.165) is 4.57 Å². The minimum Gasteiger partial charge on any atom is -0.494 e. The van der Waals surface area contributed by atoms with Crippen LogP contribution in [-0.4, -0.2) is 27.2 Å². The van der Waals surface area contributed by atoms with Crippen molar-refractivity contribution in [1.82, 2.24) is 9.55 Å². The van der Waals surface area contributed by atoms with Crippen molar-refractivity contribution < 1.29 is 14.6 Å². The largest absolute Gasteiger partial charge is 0.494 e. The lowest BCUT2D eigenvalue weighted by Gasteiger charge is -2.09. The quantitative estimate of drug-likeness (QED) is 0.684. The van der Waals surface area contributed by atoms with Gasteiger partial charge >= 0.3 is 11.7 Å². The first-order chi connectivity index (χ1) is 8.01. The van der Waals surface area contributed by atoms with Crippen molar-refractivity contribution in [3.8, 4) is 5.88 Å². The summed E-state index contributed by atoms with van der Waals surface area (Å²) < 4.78 is 5.43. The Kier molecular flexibility index (Phi) is 4.08. The zero-order chi connectivity index (χ0) is 13.0. The maximum absolute atomic E-state index is 11.4. The van der Waals surface area contributed by atoms with Crippen molar-refractivity contribution in [2.45, 2.75) is 26.8 Å². The number of aromatic amines is 1. The van der Waals surface area contributed by atoms with Crippen molar-refractivity contribution in [2.75, 3.05) is 6.61 Å². The number of carbonyl (C=O) groups excluding carboxylic acids is 1. The molecule has 0 saturated carbocycles. The van der Waals surface area contributed by atoms with Gasteiger partial charge in [0.05, 0.1) is 12.2 Å². The summed E-state index contributed by atoms with van der Waals surface area (Å²) in [5, 5.41) is 9.70. The fourth-order valence-corrected chi connectivity index (χ4v) is 1.40. The predicted octanol–water partition coefficient (Wildman–Crippen LogP) is -0.632. The molecule has 0 amide bonds. The summed E-state index contributed by atoms with van der Waals surface area (Å²) >= 11 is 0. The second kappa shape index (κ2) is 5.33. The van der Waals surface area contributed by atoms with Crippen molar-refractivity contribution in [3.05, 3.63) is 26.4 Å². The van der Waals surface area contributed by atoms with Crippen LogP contribution in [0.1, 0.15) is 19.4 Å². The Bertz CT molecular complexity index is 528. The molecule has 0 aliphatic heterocycles. The van der Waals surface area contributed by atoms with Gasteiger partial charge in [-0.15, -0.1) is 0 Å². The number of hydrogen-bond donors (Lipinski definition) is 2. The van der Waals surface area contributed by atoms with Crippen LogP contribution in [0.15, 0.2) is 9.59 Å². The topological polar surface area (TPSA) is 101 Å². The molecule has 1 aromatic heterocycles. The van der Waals surface area contributed by atoms with Gasteiger partial charge in [0.1, 0.15) is 6.54 Å². The molecule has 0 atom stereocenters. The number of nitrogens with one attached hydrogen (secondary N) is 1. The molecule has 1 heterocycles. The standard InChI is InChI=1S/C10H14N2O5/c1-3-6-8(14)11-10(16)12(9(6)15)5-7(13)17-4-2/h15H,3-5H2,1-2H3,(H,11,14,16). The molecule has 94 valence electrons. The van der Waals surface area contributed by atoms with Crippen LogP contribution in [0.2, 0.25) is 0 Å². The SMILES string of the molecule is CCOC(=O)Cn1c(O)c(CC)c(=O)[nH]c1=O. The van der Waals surface area contributed by atoms with Crippen LogP contribution in [0, 0.1) is 0 Å². The maximum atomic E-state index is 11.4. The first kappa shape index (κ1) is 13.0. The van der Waals surface area contributed by atoms with E-state index < -0.39 is 29.6 Å².